The van der Waals surface area contributed by atoms with E-state index in [-0.39, 0.29) is 30.9 Å². The number of rotatable bonds is 9. The minimum Gasteiger partial charge on any atom is -0.467 e. The first kappa shape index (κ1) is 25.7. The Kier molecular flexibility index (Phi) is 7.92. The molecule has 11 heteroatoms. The average molecular weight is 499 g/mol. The Morgan fingerprint density at radius 1 is 1.22 bits per heavy atom. The van der Waals surface area contributed by atoms with Gasteiger partial charge >= 0.3 is 6.01 Å². The first-order valence-corrected chi connectivity index (χ1v) is 11.7. The molecule has 36 heavy (non-hydrogen) atoms. The van der Waals surface area contributed by atoms with Crippen LogP contribution in [0, 0.1) is 11.2 Å². The van der Waals surface area contributed by atoms with E-state index in [0.29, 0.717) is 35.0 Å². The van der Waals surface area contributed by atoms with Crippen LogP contribution in [-0.4, -0.2) is 78.3 Å². The lowest BCUT2D eigenvalue weighted by Gasteiger charge is -2.35. The number of ether oxygens (including phenoxy) is 3. The lowest BCUT2D eigenvalue weighted by Crippen LogP contribution is -2.49. The summed E-state index contributed by atoms with van der Waals surface area (Å²) in [7, 11) is 5.47. The van der Waals surface area contributed by atoms with Crippen molar-refractivity contribution in [3.63, 3.8) is 0 Å². The number of benzene rings is 1. The third-order valence-electron chi connectivity index (χ3n) is 5.86. The van der Waals surface area contributed by atoms with E-state index in [9.17, 15) is 9.18 Å². The highest BCUT2D eigenvalue weighted by Gasteiger charge is 2.40. The molecule has 2 aromatic heterocycles. The second kappa shape index (κ2) is 11.1. The highest BCUT2D eigenvalue weighted by molar-refractivity contribution is 5.82. The van der Waals surface area contributed by atoms with Crippen LogP contribution in [0.5, 0.6) is 6.01 Å². The maximum absolute atomic E-state index is 13.6. The smallest absolute Gasteiger partial charge is 0.316 e. The molecule has 1 fully saturated rings. The molecule has 0 saturated carbocycles. The van der Waals surface area contributed by atoms with Crippen LogP contribution in [0.4, 0.5) is 4.39 Å². The van der Waals surface area contributed by atoms with Crippen LogP contribution in [-0.2, 0) is 14.3 Å². The van der Waals surface area contributed by atoms with Crippen LogP contribution < -0.4 is 10.1 Å². The Hall–Kier alpha value is -3.41. The third-order valence-corrected chi connectivity index (χ3v) is 5.86. The van der Waals surface area contributed by atoms with E-state index in [1.807, 2.05) is 21.0 Å². The average Bonchev–Trinajstić information content (AvgIpc) is 3.32. The Balaban J connectivity index is 1.53. The van der Waals surface area contributed by atoms with Gasteiger partial charge in [0.15, 0.2) is 5.82 Å². The van der Waals surface area contributed by atoms with Crippen molar-refractivity contribution in [2.45, 2.75) is 19.6 Å². The van der Waals surface area contributed by atoms with Crippen LogP contribution in [0.3, 0.4) is 0 Å². The molecule has 1 saturated heterocycles. The molecule has 192 valence electrons. The number of methoxy groups -OCH3 is 1. The van der Waals surface area contributed by atoms with Gasteiger partial charge in [-0.3, -0.25) is 4.79 Å². The van der Waals surface area contributed by atoms with E-state index in [2.05, 4.69) is 25.2 Å². The van der Waals surface area contributed by atoms with Crippen molar-refractivity contribution in [3.8, 4) is 28.7 Å². The molecule has 0 aliphatic carbocycles. The third kappa shape index (κ3) is 5.86. The summed E-state index contributed by atoms with van der Waals surface area (Å²) in [6.07, 6.45) is 1.62. The fourth-order valence-corrected chi connectivity index (χ4v) is 3.79. The van der Waals surface area contributed by atoms with Gasteiger partial charge in [0, 0.05) is 18.3 Å². The molecule has 1 aliphatic rings. The number of hydrogen-bond acceptors (Lipinski definition) is 8. The molecule has 0 atom stereocenters. The van der Waals surface area contributed by atoms with E-state index < -0.39 is 11.7 Å². The number of amides is 1. The van der Waals surface area contributed by atoms with Gasteiger partial charge in [-0.25, -0.2) is 14.4 Å². The zero-order chi connectivity index (χ0) is 25.7. The van der Waals surface area contributed by atoms with Crippen molar-refractivity contribution in [1.29, 1.82) is 0 Å². The Morgan fingerprint density at radius 3 is 2.61 bits per heavy atom. The van der Waals surface area contributed by atoms with Gasteiger partial charge in [-0.15, -0.1) is 0 Å². The number of aromatic nitrogens is 4. The Morgan fingerprint density at radius 2 is 1.94 bits per heavy atom. The molecule has 1 aromatic carbocycles. The van der Waals surface area contributed by atoms with Crippen molar-refractivity contribution in [2.24, 2.45) is 5.41 Å². The molecule has 0 radical (unpaired) electrons. The van der Waals surface area contributed by atoms with Gasteiger partial charge in [0.25, 0.3) is 0 Å². The summed E-state index contributed by atoms with van der Waals surface area (Å²) in [5.41, 5.74) is 1.53. The van der Waals surface area contributed by atoms with Crippen molar-refractivity contribution in [1.82, 2.24) is 30.2 Å². The van der Waals surface area contributed by atoms with Gasteiger partial charge in [0.2, 0.25) is 12.2 Å². The SMILES string of the molecule is COc1nccc(-c2[nH]c(C3OCC(C)(C(=O)NCCCN(C)C)CO3)nc2-c2ccc(F)cc2)n1. The number of carbonyl (C=O) groups excluding carboxylic acids is 1. The number of hydrogen-bond donors (Lipinski definition) is 2. The number of imidazole rings is 1. The van der Waals surface area contributed by atoms with Gasteiger partial charge in [-0.05, 0) is 64.3 Å². The molecule has 3 aromatic rings. The fourth-order valence-electron chi connectivity index (χ4n) is 3.79. The standard InChI is InChI=1S/C25H31FN6O4/c1-25(23(33)27-11-5-13-32(2)3)14-35-22(36-15-25)21-30-19(16-6-8-17(26)9-7-16)20(31-21)18-10-12-28-24(29-18)34-4/h6-10,12,22H,5,11,13-15H2,1-4H3,(H,27,33)(H,30,31). The topological polar surface area (TPSA) is 114 Å². The summed E-state index contributed by atoms with van der Waals surface area (Å²) in [6, 6.07) is 7.92. The zero-order valence-electron chi connectivity index (χ0n) is 20.9. The Labute approximate surface area is 209 Å². The molecule has 3 heterocycles. The van der Waals surface area contributed by atoms with E-state index in [0.717, 1.165) is 13.0 Å². The van der Waals surface area contributed by atoms with Crippen LogP contribution in [0.15, 0.2) is 36.5 Å². The van der Waals surface area contributed by atoms with Crippen molar-refractivity contribution in [2.75, 3.05) is 47.5 Å². The molecule has 0 bridgehead atoms. The lowest BCUT2D eigenvalue weighted by molar-refractivity contribution is -0.231. The van der Waals surface area contributed by atoms with E-state index in [4.69, 9.17) is 19.2 Å². The Bertz CT molecular complexity index is 1180. The van der Waals surface area contributed by atoms with Crippen LogP contribution in [0.25, 0.3) is 22.6 Å². The molecular formula is C25H31FN6O4. The van der Waals surface area contributed by atoms with Gasteiger partial charge in [0.1, 0.15) is 5.82 Å². The summed E-state index contributed by atoms with van der Waals surface area (Å²) in [5.74, 6) is -0.0479. The molecule has 0 unspecified atom stereocenters. The molecular weight excluding hydrogens is 467 g/mol. The predicted molar refractivity (Wildman–Crippen MR) is 130 cm³/mol. The van der Waals surface area contributed by atoms with E-state index >= 15 is 0 Å². The normalized spacial score (nSPS) is 19.9. The maximum atomic E-state index is 13.6. The van der Waals surface area contributed by atoms with Gasteiger partial charge in [-0.1, -0.05) is 0 Å². The lowest BCUT2D eigenvalue weighted by atomic mass is 9.91. The van der Waals surface area contributed by atoms with E-state index in [1.165, 1.54) is 19.2 Å². The molecule has 1 aliphatic heterocycles. The number of carbonyl (C=O) groups is 1. The highest BCUT2D eigenvalue weighted by atomic mass is 19.1. The minimum absolute atomic E-state index is 0.111. The van der Waals surface area contributed by atoms with Crippen molar-refractivity contribution >= 4 is 5.91 Å². The van der Waals surface area contributed by atoms with E-state index in [1.54, 1.807) is 24.4 Å². The summed E-state index contributed by atoms with van der Waals surface area (Å²) < 4.78 is 30.6. The summed E-state index contributed by atoms with van der Waals surface area (Å²) in [5, 5.41) is 2.97. The largest absolute Gasteiger partial charge is 0.467 e. The number of aromatic amines is 1. The summed E-state index contributed by atoms with van der Waals surface area (Å²) in [4.78, 5) is 31.2. The second-order valence-corrected chi connectivity index (χ2v) is 9.21. The van der Waals surface area contributed by atoms with Crippen LogP contribution >= 0.6 is 0 Å². The van der Waals surface area contributed by atoms with Crippen LogP contribution in [0.2, 0.25) is 0 Å². The molecule has 1 amide bonds. The van der Waals surface area contributed by atoms with Crippen molar-refractivity contribution < 1.29 is 23.4 Å². The molecule has 4 rings (SSSR count). The van der Waals surface area contributed by atoms with Gasteiger partial charge in [-0.2, -0.15) is 4.98 Å². The summed E-state index contributed by atoms with van der Waals surface area (Å²) in [6.45, 7) is 3.62. The summed E-state index contributed by atoms with van der Waals surface area (Å²) >= 11 is 0. The predicted octanol–water partition coefficient (Wildman–Crippen LogP) is 2.80. The monoisotopic (exact) mass is 498 g/mol. The zero-order valence-corrected chi connectivity index (χ0v) is 20.9. The number of halogens is 1. The molecule has 0 spiro atoms. The molecule has 10 nitrogen and oxygen atoms in total. The molecule has 2 N–H and O–H groups in total. The number of H-pyrrole nitrogens is 1. The van der Waals surface area contributed by atoms with Crippen molar-refractivity contribution in [3.05, 3.63) is 48.2 Å². The number of nitrogens with one attached hydrogen (secondary N) is 2. The first-order chi connectivity index (χ1) is 17.3. The number of nitrogens with zero attached hydrogens (tertiary/aromatic N) is 4. The van der Waals surface area contributed by atoms with Crippen LogP contribution in [0.1, 0.15) is 25.5 Å². The minimum atomic E-state index is -0.816. The second-order valence-electron chi connectivity index (χ2n) is 9.21. The quantitative estimate of drug-likeness (QED) is 0.433. The van der Waals surface area contributed by atoms with Gasteiger partial charge < -0.3 is 29.4 Å². The van der Waals surface area contributed by atoms with Gasteiger partial charge in [0.05, 0.1) is 42.8 Å². The maximum Gasteiger partial charge on any atom is 0.316 e. The highest BCUT2D eigenvalue weighted by Crippen LogP contribution is 2.35. The first-order valence-electron chi connectivity index (χ1n) is 11.7. The fraction of sp³-hybridized carbons (Fsp3) is 0.440.